The van der Waals surface area contributed by atoms with Gasteiger partial charge >= 0.3 is 0 Å². The predicted octanol–water partition coefficient (Wildman–Crippen LogP) is 2.22. The van der Waals surface area contributed by atoms with Gasteiger partial charge in [0.15, 0.2) is 0 Å². The number of aliphatic hydroxyl groups is 1. The van der Waals surface area contributed by atoms with Crippen LogP contribution in [0.1, 0.15) is 24.2 Å². The second-order valence-corrected chi connectivity index (χ2v) is 4.87. The van der Waals surface area contributed by atoms with Gasteiger partial charge in [0.1, 0.15) is 0 Å². The Balaban J connectivity index is 1.97. The number of nitrogens with two attached hydrogens (primary N) is 1. The van der Waals surface area contributed by atoms with E-state index >= 15 is 0 Å². The molecule has 2 rings (SSSR count). The lowest BCUT2D eigenvalue weighted by molar-refractivity contribution is 0.112. The van der Waals surface area contributed by atoms with Crippen molar-refractivity contribution in [2.24, 2.45) is 0 Å². The van der Waals surface area contributed by atoms with Gasteiger partial charge in [0.05, 0.1) is 6.10 Å². The molecule has 4 heteroatoms. The van der Waals surface area contributed by atoms with E-state index in [1.807, 2.05) is 36.4 Å². The molecule has 0 aliphatic heterocycles. The molecule has 20 heavy (non-hydrogen) atoms. The smallest absolute Gasteiger partial charge is 0.0917 e. The summed E-state index contributed by atoms with van der Waals surface area (Å²) in [6, 6.07) is 11.4. The summed E-state index contributed by atoms with van der Waals surface area (Å²) in [6.45, 7) is 4.39. The van der Waals surface area contributed by atoms with E-state index in [9.17, 15) is 5.11 Å². The summed E-state index contributed by atoms with van der Waals surface area (Å²) in [5.74, 6) is 0. The SMILES string of the molecule is CCN(Cc1ccncc1)CC(O)c1ccc(N)cc1. The highest BCUT2D eigenvalue weighted by Gasteiger charge is 2.12. The Hall–Kier alpha value is -1.91. The number of anilines is 1. The first-order chi connectivity index (χ1) is 9.69. The number of nitrogen functional groups attached to an aromatic ring is 1. The topological polar surface area (TPSA) is 62.4 Å². The fraction of sp³-hybridized carbons (Fsp3) is 0.312. The van der Waals surface area contributed by atoms with Gasteiger partial charge in [-0.2, -0.15) is 0 Å². The number of pyridine rings is 1. The average molecular weight is 271 g/mol. The lowest BCUT2D eigenvalue weighted by Crippen LogP contribution is -2.28. The van der Waals surface area contributed by atoms with E-state index in [0.29, 0.717) is 12.2 Å². The molecule has 106 valence electrons. The molecule has 0 amide bonds. The Kier molecular flexibility index (Phi) is 5.09. The molecule has 0 bridgehead atoms. The Bertz CT molecular complexity index is 513. The largest absolute Gasteiger partial charge is 0.399 e. The van der Waals surface area contributed by atoms with Crippen LogP contribution in [-0.4, -0.2) is 28.1 Å². The van der Waals surface area contributed by atoms with E-state index in [1.54, 1.807) is 12.4 Å². The summed E-state index contributed by atoms with van der Waals surface area (Å²) in [5.41, 5.74) is 8.47. The average Bonchev–Trinajstić information content (AvgIpc) is 2.48. The van der Waals surface area contributed by atoms with Crippen molar-refractivity contribution in [3.63, 3.8) is 0 Å². The lowest BCUT2D eigenvalue weighted by atomic mass is 10.1. The van der Waals surface area contributed by atoms with Crippen molar-refractivity contribution < 1.29 is 5.11 Å². The zero-order chi connectivity index (χ0) is 14.4. The Labute approximate surface area is 119 Å². The van der Waals surface area contributed by atoms with Crippen molar-refractivity contribution in [2.75, 3.05) is 18.8 Å². The molecule has 1 aromatic carbocycles. The van der Waals surface area contributed by atoms with Crippen molar-refractivity contribution in [1.82, 2.24) is 9.88 Å². The zero-order valence-electron chi connectivity index (χ0n) is 11.7. The molecule has 0 radical (unpaired) electrons. The van der Waals surface area contributed by atoms with E-state index in [1.165, 1.54) is 5.56 Å². The molecule has 0 saturated carbocycles. The number of hydrogen-bond donors (Lipinski definition) is 2. The Morgan fingerprint density at radius 2 is 1.80 bits per heavy atom. The second kappa shape index (κ2) is 7.03. The van der Waals surface area contributed by atoms with Crippen LogP contribution in [0, 0.1) is 0 Å². The van der Waals surface area contributed by atoms with E-state index in [4.69, 9.17) is 5.73 Å². The number of rotatable bonds is 6. The summed E-state index contributed by atoms with van der Waals surface area (Å²) < 4.78 is 0. The van der Waals surface area contributed by atoms with Crippen molar-refractivity contribution >= 4 is 5.69 Å². The predicted molar refractivity (Wildman–Crippen MR) is 81.0 cm³/mol. The third-order valence-corrected chi connectivity index (χ3v) is 3.36. The van der Waals surface area contributed by atoms with Crippen LogP contribution in [0.15, 0.2) is 48.8 Å². The molecule has 0 spiro atoms. The van der Waals surface area contributed by atoms with Crippen molar-refractivity contribution in [1.29, 1.82) is 0 Å². The Morgan fingerprint density at radius 3 is 2.40 bits per heavy atom. The summed E-state index contributed by atoms with van der Waals surface area (Å²) in [5, 5.41) is 10.3. The first kappa shape index (κ1) is 14.5. The minimum Gasteiger partial charge on any atom is -0.399 e. The second-order valence-electron chi connectivity index (χ2n) is 4.87. The van der Waals surface area contributed by atoms with Crippen molar-refractivity contribution in [2.45, 2.75) is 19.6 Å². The number of likely N-dealkylation sites (N-methyl/N-ethyl adjacent to an activating group) is 1. The number of aromatic nitrogens is 1. The molecule has 0 aliphatic carbocycles. The fourth-order valence-corrected chi connectivity index (χ4v) is 2.12. The monoisotopic (exact) mass is 271 g/mol. The van der Waals surface area contributed by atoms with Gasteiger partial charge in [0.2, 0.25) is 0 Å². The summed E-state index contributed by atoms with van der Waals surface area (Å²) in [6.07, 6.45) is 3.08. The van der Waals surface area contributed by atoms with Crippen LogP contribution in [0.2, 0.25) is 0 Å². The maximum Gasteiger partial charge on any atom is 0.0917 e. The standard InChI is InChI=1S/C16H21N3O/c1-2-19(11-13-7-9-18-10-8-13)12-16(20)14-3-5-15(17)6-4-14/h3-10,16,20H,2,11-12,17H2,1H3. The van der Waals surface area contributed by atoms with Crippen LogP contribution in [0.3, 0.4) is 0 Å². The molecule has 0 aliphatic rings. The molecular weight excluding hydrogens is 250 g/mol. The number of benzene rings is 1. The molecular formula is C16H21N3O. The van der Waals surface area contributed by atoms with Crippen LogP contribution in [0.5, 0.6) is 0 Å². The maximum absolute atomic E-state index is 10.3. The quantitative estimate of drug-likeness (QED) is 0.791. The van der Waals surface area contributed by atoms with Gasteiger partial charge in [-0.05, 0) is 41.9 Å². The number of aliphatic hydroxyl groups excluding tert-OH is 1. The molecule has 4 nitrogen and oxygen atoms in total. The van der Waals surface area contributed by atoms with Crippen LogP contribution in [0.4, 0.5) is 5.69 Å². The molecule has 0 saturated heterocycles. The van der Waals surface area contributed by atoms with Crippen molar-refractivity contribution in [3.8, 4) is 0 Å². The van der Waals surface area contributed by atoms with Gasteiger partial charge in [-0.25, -0.2) is 0 Å². The molecule has 1 atom stereocenters. The van der Waals surface area contributed by atoms with Gasteiger partial charge in [0.25, 0.3) is 0 Å². The lowest BCUT2D eigenvalue weighted by Gasteiger charge is -2.24. The highest BCUT2D eigenvalue weighted by Crippen LogP contribution is 2.17. The minimum absolute atomic E-state index is 0.502. The summed E-state index contributed by atoms with van der Waals surface area (Å²) >= 11 is 0. The van der Waals surface area contributed by atoms with E-state index in [-0.39, 0.29) is 0 Å². The Morgan fingerprint density at radius 1 is 1.15 bits per heavy atom. The van der Waals surface area contributed by atoms with Gasteiger partial charge in [-0.3, -0.25) is 9.88 Å². The van der Waals surface area contributed by atoms with Crippen LogP contribution >= 0.6 is 0 Å². The highest BCUT2D eigenvalue weighted by atomic mass is 16.3. The van der Waals surface area contributed by atoms with Gasteiger partial charge in [-0.1, -0.05) is 19.1 Å². The molecule has 1 aromatic heterocycles. The number of nitrogens with zero attached hydrogens (tertiary/aromatic N) is 2. The highest BCUT2D eigenvalue weighted by molar-refractivity contribution is 5.39. The molecule has 1 heterocycles. The molecule has 2 aromatic rings. The molecule has 3 N–H and O–H groups in total. The third-order valence-electron chi connectivity index (χ3n) is 3.36. The maximum atomic E-state index is 10.3. The summed E-state index contributed by atoms with van der Waals surface area (Å²) in [4.78, 5) is 6.22. The van der Waals surface area contributed by atoms with Crippen LogP contribution in [-0.2, 0) is 6.54 Å². The first-order valence-electron chi connectivity index (χ1n) is 6.83. The van der Waals surface area contributed by atoms with E-state index in [0.717, 1.165) is 18.7 Å². The fourth-order valence-electron chi connectivity index (χ4n) is 2.12. The third kappa shape index (κ3) is 4.05. The zero-order valence-corrected chi connectivity index (χ0v) is 11.7. The first-order valence-corrected chi connectivity index (χ1v) is 6.83. The van der Waals surface area contributed by atoms with Crippen LogP contribution in [0.25, 0.3) is 0 Å². The van der Waals surface area contributed by atoms with Crippen molar-refractivity contribution in [3.05, 3.63) is 59.9 Å². The van der Waals surface area contributed by atoms with Gasteiger partial charge in [0, 0.05) is 31.2 Å². The summed E-state index contributed by atoms with van der Waals surface area (Å²) in [7, 11) is 0. The molecule has 1 unspecified atom stereocenters. The van der Waals surface area contributed by atoms with Crippen LogP contribution < -0.4 is 5.73 Å². The van der Waals surface area contributed by atoms with Gasteiger partial charge in [-0.15, -0.1) is 0 Å². The van der Waals surface area contributed by atoms with E-state index in [2.05, 4.69) is 16.8 Å². The van der Waals surface area contributed by atoms with E-state index < -0.39 is 6.10 Å². The number of hydrogen-bond acceptors (Lipinski definition) is 4. The normalized spacial score (nSPS) is 12.6. The van der Waals surface area contributed by atoms with Gasteiger partial charge < -0.3 is 10.8 Å². The molecule has 0 fully saturated rings. The minimum atomic E-state index is -0.502.